The van der Waals surface area contributed by atoms with Gasteiger partial charge < -0.3 is 10.2 Å². The summed E-state index contributed by atoms with van der Waals surface area (Å²) in [5.41, 5.74) is 1.50. The van der Waals surface area contributed by atoms with E-state index in [2.05, 4.69) is 63.7 Å². The highest BCUT2D eigenvalue weighted by Crippen LogP contribution is 2.36. The third-order valence-corrected chi connectivity index (χ3v) is 7.91. The summed E-state index contributed by atoms with van der Waals surface area (Å²) in [5.74, 6) is -1.95. The van der Waals surface area contributed by atoms with Crippen LogP contribution in [0.1, 0.15) is 20.8 Å². The van der Waals surface area contributed by atoms with Crippen molar-refractivity contribution in [3.05, 3.63) is 35.4 Å². The SMILES string of the molecule is O=C(O)[C@@H](Br)[C@@H](Br)c1cccc([C@H](Br)[C@H](Br)C(=O)O)c1. The van der Waals surface area contributed by atoms with Crippen molar-refractivity contribution in [2.45, 2.75) is 19.3 Å². The monoisotopic (exact) mass is 534 g/mol. The Labute approximate surface area is 149 Å². The Morgan fingerprint density at radius 3 is 1.50 bits per heavy atom. The van der Waals surface area contributed by atoms with Crippen LogP contribution in [-0.4, -0.2) is 31.8 Å². The largest absolute Gasteiger partial charge is 0.480 e. The van der Waals surface area contributed by atoms with E-state index in [1.807, 2.05) is 0 Å². The molecule has 0 saturated carbocycles. The zero-order valence-corrected chi connectivity index (χ0v) is 16.2. The summed E-state index contributed by atoms with van der Waals surface area (Å²) in [6.45, 7) is 0. The zero-order valence-electron chi connectivity index (χ0n) is 9.84. The van der Waals surface area contributed by atoms with Crippen LogP contribution in [-0.2, 0) is 9.59 Å². The second-order valence-electron chi connectivity index (χ2n) is 3.95. The van der Waals surface area contributed by atoms with Crippen molar-refractivity contribution < 1.29 is 19.8 Å². The van der Waals surface area contributed by atoms with Gasteiger partial charge in [-0.3, -0.25) is 9.59 Å². The quantitative estimate of drug-likeness (QED) is 0.532. The Kier molecular flexibility index (Phi) is 7.17. The van der Waals surface area contributed by atoms with Gasteiger partial charge >= 0.3 is 11.9 Å². The molecule has 0 fully saturated rings. The Balaban J connectivity index is 3.01. The number of carbonyl (C=O) groups is 2. The molecule has 2 N–H and O–H groups in total. The van der Waals surface area contributed by atoms with Crippen molar-refractivity contribution in [1.82, 2.24) is 0 Å². The van der Waals surface area contributed by atoms with Crippen LogP contribution in [0.15, 0.2) is 24.3 Å². The number of alkyl halides is 4. The lowest BCUT2D eigenvalue weighted by Crippen LogP contribution is -2.19. The van der Waals surface area contributed by atoms with E-state index in [-0.39, 0.29) is 0 Å². The molecule has 0 aromatic heterocycles. The van der Waals surface area contributed by atoms with E-state index >= 15 is 0 Å². The molecule has 0 aliphatic carbocycles. The Morgan fingerprint density at radius 2 is 1.20 bits per heavy atom. The number of carboxylic acids is 2. The van der Waals surface area contributed by atoms with Gasteiger partial charge in [0.25, 0.3) is 0 Å². The van der Waals surface area contributed by atoms with Gasteiger partial charge in [0.05, 0.1) is 9.65 Å². The first-order valence-electron chi connectivity index (χ1n) is 5.37. The summed E-state index contributed by atoms with van der Waals surface area (Å²) in [4.78, 5) is 19.5. The highest BCUT2D eigenvalue weighted by atomic mass is 79.9. The number of hydrogen-bond donors (Lipinski definition) is 2. The fraction of sp³-hybridized carbons (Fsp3) is 0.333. The summed E-state index contributed by atoms with van der Waals surface area (Å²) in [7, 11) is 0. The number of aliphatic carboxylic acids is 2. The molecule has 0 aliphatic heterocycles. The average molecular weight is 538 g/mol. The molecule has 4 nitrogen and oxygen atoms in total. The molecule has 0 aliphatic rings. The van der Waals surface area contributed by atoms with Gasteiger partial charge in [0.15, 0.2) is 0 Å². The molecule has 0 radical (unpaired) electrons. The lowest BCUT2D eigenvalue weighted by atomic mass is 10.0. The minimum atomic E-state index is -0.975. The van der Waals surface area contributed by atoms with Crippen LogP contribution in [0.5, 0.6) is 0 Å². The molecule has 4 atom stereocenters. The summed E-state index contributed by atoms with van der Waals surface area (Å²) < 4.78 is 0. The van der Waals surface area contributed by atoms with Crippen LogP contribution in [0.4, 0.5) is 0 Å². The normalized spacial score (nSPS) is 17.0. The Hall–Kier alpha value is 0.0800. The van der Waals surface area contributed by atoms with Crippen LogP contribution in [0, 0.1) is 0 Å². The summed E-state index contributed by atoms with van der Waals surface area (Å²) >= 11 is 12.9. The van der Waals surface area contributed by atoms with E-state index in [1.165, 1.54) is 0 Å². The first-order valence-corrected chi connectivity index (χ1v) is 9.03. The molecule has 0 saturated heterocycles. The Morgan fingerprint density at radius 1 is 0.850 bits per heavy atom. The molecule has 0 heterocycles. The molecule has 110 valence electrons. The molecule has 0 unspecified atom stereocenters. The first kappa shape index (κ1) is 18.1. The molecule has 0 spiro atoms. The second-order valence-corrected chi connectivity index (χ2v) is 7.90. The van der Waals surface area contributed by atoms with E-state index in [0.717, 1.165) is 11.1 Å². The van der Waals surface area contributed by atoms with E-state index in [0.29, 0.717) is 0 Å². The number of benzene rings is 1. The second kappa shape index (κ2) is 7.91. The molecular formula is C12H10Br4O4. The number of carboxylic acid groups (broad SMARTS) is 2. The predicted octanol–water partition coefficient (Wildman–Crippen LogP) is 4.25. The molecule has 1 aromatic carbocycles. The Bertz CT molecular complexity index is 467. The smallest absolute Gasteiger partial charge is 0.318 e. The maximum atomic E-state index is 11.0. The van der Waals surface area contributed by atoms with Crippen LogP contribution >= 0.6 is 63.7 Å². The summed E-state index contributed by atoms with van der Waals surface area (Å²) in [6, 6.07) is 7.09. The van der Waals surface area contributed by atoms with Crippen molar-refractivity contribution >= 4 is 75.7 Å². The minimum absolute atomic E-state index is 0.418. The summed E-state index contributed by atoms with van der Waals surface area (Å²) in [6.07, 6.45) is 0. The van der Waals surface area contributed by atoms with Crippen LogP contribution in [0.3, 0.4) is 0 Å². The first-order chi connectivity index (χ1) is 9.25. The molecule has 1 rings (SSSR count). The maximum Gasteiger partial charge on any atom is 0.318 e. The van der Waals surface area contributed by atoms with Gasteiger partial charge in [-0.05, 0) is 11.1 Å². The highest BCUT2D eigenvalue weighted by molar-refractivity contribution is 9.12. The highest BCUT2D eigenvalue weighted by Gasteiger charge is 2.27. The minimum Gasteiger partial charge on any atom is -0.480 e. The molecule has 0 bridgehead atoms. The van der Waals surface area contributed by atoms with Gasteiger partial charge in [-0.15, -0.1) is 0 Å². The zero-order chi connectivity index (χ0) is 15.4. The third kappa shape index (κ3) is 4.54. The van der Waals surface area contributed by atoms with Crippen molar-refractivity contribution in [2.24, 2.45) is 0 Å². The van der Waals surface area contributed by atoms with Gasteiger partial charge in [-0.2, -0.15) is 0 Å². The van der Waals surface area contributed by atoms with Crippen LogP contribution in [0.2, 0.25) is 0 Å². The van der Waals surface area contributed by atoms with Gasteiger partial charge in [0.1, 0.15) is 9.65 Å². The number of hydrogen-bond acceptors (Lipinski definition) is 2. The maximum absolute atomic E-state index is 11.0. The summed E-state index contributed by atoms with van der Waals surface area (Å²) in [5, 5.41) is 18.0. The molecule has 8 heteroatoms. The van der Waals surface area contributed by atoms with Crippen molar-refractivity contribution in [3.8, 4) is 0 Å². The standard InChI is InChI=1S/C12H10Br4O4/c13-7(9(15)11(17)18)5-2-1-3-6(4-5)8(14)10(16)12(19)20/h1-4,7-10H,(H,17,18)(H,19,20)/t7-,8-,9-,10-/m0/s1. The van der Waals surface area contributed by atoms with E-state index in [9.17, 15) is 9.59 Å². The lowest BCUT2D eigenvalue weighted by Gasteiger charge is -2.17. The van der Waals surface area contributed by atoms with Gasteiger partial charge in [-0.25, -0.2) is 0 Å². The number of rotatable bonds is 6. The van der Waals surface area contributed by atoms with E-state index in [1.54, 1.807) is 24.3 Å². The third-order valence-electron chi connectivity index (χ3n) is 2.53. The lowest BCUT2D eigenvalue weighted by molar-refractivity contribution is -0.137. The topological polar surface area (TPSA) is 74.6 Å². The van der Waals surface area contributed by atoms with Crippen LogP contribution < -0.4 is 0 Å². The van der Waals surface area contributed by atoms with Crippen molar-refractivity contribution in [1.29, 1.82) is 0 Å². The van der Waals surface area contributed by atoms with Crippen molar-refractivity contribution in [2.75, 3.05) is 0 Å². The van der Waals surface area contributed by atoms with E-state index < -0.39 is 31.2 Å². The van der Waals surface area contributed by atoms with Gasteiger partial charge in [-0.1, -0.05) is 88.0 Å². The average Bonchev–Trinajstić information content (AvgIpc) is 2.43. The predicted molar refractivity (Wildman–Crippen MR) is 90.5 cm³/mol. The van der Waals surface area contributed by atoms with Gasteiger partial charge in [0.2, 0.25) is 0 Å². The fourth-order valence-electron chi connectivity index (χ4n) is 1.49. The molecule has 20 heavy (non-hydrogen) atoms. The molecule has 1 aromatic rings. The van der Waals surface area contributed by atoms with E-state index in [4.69, 9.17) is 10.2 Å². The van der Waals surface area contributed by atoms with Crippen molar-refractivity contribution in [3.63, 3.8) is 0 Å². The molecule has 0 amide bonds. The molecular weight excluding hydrogens is 528 g/mol. The fourth-order valence-corrected chi connectivity index (χ4v) is 3.12. The van der Waals surface area contributed by atoms with Gasteiger partial charge in [0, 0.05) is 0 Å². The number of halogens is 4. The van der Waals surface area contributed by atoms with Crippen LogP contribution in [0.25, 0.3) is 0 Å².